The normalized spacial score (nSPS) is 15.1. The Hall–Kier alpha value is -1.03. The van der Waals surface area contributed by atoms with Gasteiger partial charge in [0.1, 0.15) is 4.90 Å². The second kappa shape index (κ2) is 6.23. The molecule has 1 rings (SSSR count). The number of hydrogen-bond donors (Lipinski definition) is 3. The molecule has 7 nitrogen and oxygen atoms in total. The molecule has 4 N–H and O–H groups in total. The van der Waals surface area contributed by atoms with Crippen LogP contribution in [-0.2, 0) is 20.8 Å². The van der Waals surface area contributed by atoms with Crippen LogP contribution in [0.25, 0.3) is 0 Å². The van der Waals surface area contributed by atoms with Crippen molar-refractivity contribution in [2.75, 3.05) is 18.2 Å². The molecule has 18 heavy (non-hydrogen) atoms. The molecule has 0 aliphatic heterocycles. The maximum Gasteiger partial charge on any atom is 0.244 e. The monoisotopic (exact) mass is 292 g/mol. The summed E-state index contributed by atoms with van der Waals surface area (Å²) in [5, 5.41) is -0.272. The van der Waals surface area contributed by atoms with Crippen molar-refractivity contribution in [3.8, 4) is 0 Å². The molecular weight excluding hydrogens is 276 g/mol. The van der Waals surface area contributed by atoms with Crippen LogP contribution < -0.4 is 16.0 Å². The van der Waals surface area contributed by atoms with Crippen LogP contribution in [0.2, 0.25) is 0 Å². The van der Waals surface area contributed by atoms with Gasteiger partial charge in [-0.1, -0.05) is 0 Å². The van der Waals surface area contributed by atoms with E-state index in [9.17, 15) is 12.6 Å². The molecular formula is C9H16N4O3S2. The fourth-order valence-electron chi connectivity index (χ4n) is 1.14. The van der Waals surface area contributed by atoms with E-state index in [2.05, 4.69) is 15.1 Å². The Morgan fingerprint density at radius 2 is 2.22 bits per heavy atom. The Morgan fingerprint density at radius 3 is 2.78 bits per heavy atom. The molecule has 1 aromatic heterocycles. The van der Waals surface area contributed by atoms with Crippen molar-refractivity contribution < 1.29 is 12.6 Å². The SMILES string of the molecule is CC(CNS(=O)(=O)c1cnccc1NN)S(C)=O. The van der Waals surface area contributed by atoms with Crippen molar-refractivity contribution >= 4 is 26.5 Å². The smallest absolute Gasteiger partial charge is 0.244 e. The van der Waals surface area contributed by atoms with Gasteiger partial charge in [-0.05, 0) is 13.0 Å². The average molecular weight is 292 g/mol. The van der Waals surface area contributed by atoms with E-state index >= 15 is 0 Å². The zero-order chi connectivity index (χ0) is 13.8. The van der Waals surface area contributed by atoms with E-state index in [-0.39, 0.29) is 22.4 Å². The zero-order valence-corrected chi connectivity index (χ0v) is 11.7. The summed E-state index contributed by atoms with van der Waals surface area (Å²) in [6.45, 7) is 1.79. The lowest BCUT2D eigenvalue weighted by Crippen LogP contribution is -2.33. The summed E-state index contributed by atoms with van der Waals surface area (Å²) in [7, 11) is -4.81. The average Bonchev–Trinajstić information content (AvgIpc) is 2.35. The van der Waals surface area contributed by atoms with E-state index in [4.69, 9.17) is 5.84 Å². The van der Waals surface area contributed by atoms with Crippen LogP contribution in [0.5, 0.6) is 0 Å². The second-order valence-electron chi connectivity index (χ2n) is 3.68. The van der Waals surface area contributed by atoms with Crippen molar-refractivity contribution in [2.24, 2.45) is 5.84 Å². The predicted molar refractivity (Wildman–Crippen MR) is 70.8 cm³/mol. The first-order valence-electron chi connectivity index (χ1n) is 5.11. The number of nitrogens with one attached hydrogen (secondary N) is 2. The molecule has 9 heteroatoms. The first kappa shape index (κ1) is 15.0. The van der Waals surface area contributed by atoms with Gasteiger partial charge in [0.05, 0.1) is 5.69 Å². The van der Waals surface area contributed by atoms with Gasteiger partial charge in [-0.25, -0.2) is 13.1 Å². The van der Waals surface area contributed by atoms with Gasteiger partial charge in [0, 0.05) is 41.2 Å². The molecule has 0 aliphatic carbocycles. The Bertz CT molecular complexity index is 532. The highest BCUT2D eigenvalue weighted by Crippen LogP contribution is 2.17. The zero-order valence-electron chi connectivity index (χ0n) is 10.1. The fraction of sp³-hybridized carbons (Fsp3) is 0.444. The summed E-state index contributed by atoms with van der Waals surface area (Å²) < 4.78 is 37.5. The quantitative estimate of drug-likeness (QED) is 0.477. The van der Waals surface area contributed by atoms with Gasteiger partial charge in [0.25, 0.3) is 0 Å². The summed E-state index contributed by atoms with van der Waals surface area (Å²) in [5.74, 6) is 5.23. The number of sulfonamides is 1. The second-order valence-corrected chi connectivity index (χ2v) is 7.21. The summed E-state index contributed by atoms with van der Waals surface area (Å²) in [6, 6.07) is 1.45. The molecule has 0 spiro atoms. The lowest BCUT2D eigenvalue weighted by molar-refractivity contribution is 0.580. The van der Waals surface area contributed by atoms with Crippen molar-refractivity contribution in [1.82, 2.24) is 9.71 Å². The molecule has 0 radical (unpaired) electrons. The number of anilines is 1. The Kier molecular flexibility index (Phi) is 5.20. The van der Waals surface area contributed by atoms with E-state index in [1.807, 2.05) is 0 Å². The fourth-order valence-corrected chi connectivity index (χ4v) is 2.80. The maximum absolute atomic E-state index is 12.0. The number of nitrogen functional groups attached to an aromatic ring is 1. The van der Waals surface area contributed by atoms with E-state index in [0.717, 1.165) is 0 Å². The Labute approximate surface area is 109 Å². The predicted octanol–water partition coefficient (Wildman–Crippen LogP) is -0.587. The minimum Gasteiger partial charge on any atom is -0.323 e. The standard InChI is InChI=1S/C9H16N4O3S2/c1-7(17(2)14)5-12-18(15,16)9-6-11-4-3-8(9)13-10/h3-4,6-7,12H,5,10H2,1-2H3,(H,11,13). The summed E-state index contributed by atoms with van der Waals surface area (Å²) >= 11 is 0. The van der Waals surface area contributed by atoms with Crippen molar-refractivity contribution in [1.29, 1.82) is 0 Å². The molecule has 0 amide bonds. The Balaban J connectivity index is 2.90. The number of hydrogen-bond acceptors (Lipinski definition) is 6. The van der Waals surface area contributed by atoms with Crippen molar-refractivity contribution in [3.05, 3.63) is 18.5 Å². The van der Waals surface area contributed by atoms with Crippen LogP contribution in [0.4, 0.5) is 5.69 Å². The van der Waals surface area contributed by atoms with E-state index in [1.54, 1.807) is 6.92 Å². The summed E-state index contributed by atoms with van der Waals surface area (Å²) in [6.07, 6.45) is 4.15. The minimum atomic E-state index is -3.72. The number of aromatic nitrogens is 1. The van der Waals surface area contributed by atoms with Gasteiger partial charge in [-0.2, -0.15) is 0 Å². The van der Waals surface area contributed by atoms with Crippen LogP contribution in [0, 0.1) is 0 Å². The third kappa shape index (κ3) is 3.73. The maximum atomic E-state index is 12.0. The number of pyridine rings is 1. The van der Waals surface area contributed by atoms with Crippen LogP contribution in [0.3, 0.4) is 0 Å². The van der Waals surface area contributed by atoms with Gasteiger partial charge >= 0.3 is 0 Å². The van der Waals surface area contributed by atoms with Crippen LogP contribution in [0.15, 0.2) is 23.4 Å². The van der Waals surface area contributed by atoms with Crippen LogP contribution in [-0.4, -0.2) is 35.7 Å². The molecule has 102 valence electrons. The topological polar surface area (TPSA) is 114 Å². The summed E-state index contributed by atoms with van der Waals surface area (Å²) in [5.41, 5.74) is 2.55. The lowest BCUT2D eigenvalue weighted by Gasteiger charge is -2.12. The molecule has 1 heterocycles. The van der Waals surface area contributed by atoms with E-state index in [0.29, 0.717) is 0 Å². The van der Waals surface area contributed by atoms with Gasteiger partial charge in [0.15, 0.2) is 0 Å². The van der Waals surface area contributed by atoms with Gasteiger partial charge in [0.2, 0.25) is 10.0 Å². The minimum absolute atomic E-state index is 0.0402. The lowest BCUT2D eigenvalue weighted by atomic mass is 10.4. The molecule has 1 aromatic rings. The Morgan fingerprint density at radius 1 is 1.56 bits per heavy atom. The van der Waals surface area contributed by atoms with Crippen LogP contribution >= 0.6 is 0 Å². The first-order chi connectivity index (χ1) is 8.38. The summed E-state index contributed by atoms with van der Waals surface area (Å²) in [4.78, 5) is 3.71. The van der Waals surface area contributed by atoms with Crippen LogP contribution in [0.1, 0.15) is 6.92 Å². The molecule has 0 aromatic carbocycles. The number of nitrogens with two attached hydrogens (primary N) is 1. The number of nitrogens with zero attached hydrogens (tertiary/aromatic N) is 1. The molecule has 0 fully saturated rings. The highest BCUT2D eigenvalue weighted by atomic mass is 32.2. The molecule has 0 saturated carbocycles. The number of hydrazine groups is 1. The third-order valence-electron chi connectivity index (χ3n) is 2.36. The third-order valence-corrected chi connectivity index (χ3v) is 5.11. The van der Waals surface area contributed by atoms with Gasteiger partial charge < -0.3 is 5.43 Å². The highest BCUT2D eigenvalue weighted by Gasteiger charge is 2.19. The molecule has 0 bridgehead atoms. The van der Waals surface area contributed by atoms with E-state index in [1.165, 1.54) is 24.7 Å². The van der Waals surface area contributed by atoms with E-state index < -0.39 is 20.8 Å². The number of rotatable bonds is 6. The molecule has 0 saturated heterocycles. The van der Waals surface area contributed by atoms with Crippen molar-refractivity contribution in [2.45, 2.75) is 17.1 Å². The van der Waals surface area contributed by atoms with Gasteiger partial charge in [-0.3, -0.25) is 15.0 Å². The molecule has 2 unspecified atom stereocenters. The largest absolute Gasteiger partial charge is 0.323 e. The highest BCUT2D eigenvalue weighted by molar-refractivity contribution is 7.89. The van der Waals surface area contributed by atoms with Gasteiger partial charge in [-0.15, -0.1) is 0 Å². The first-order valence-corrected chi connectivity index (χ1v) is 8.21. The molecule has 0 aliphatic rings. The van der Waals surface area contributed by atoms with Crippen molar-refractivity contribution in [3.63, 3.8) is 0 Å². The molecule has 2 atom stereocenters.